The van der Waals surface area contributed by atoms with Crippen LogP contribution >= 0.6 is 0 Å². The Balaban J connectivity index is 1.34. The van der Waals surface area contributed by atoms with E-state index in [0.29, 0.717) is 28.3 Å². The largest absolute Gasteiger partial charge is 0.398 e. The Labute approximate surface area is 176 Å². The summed E-state index contributed by atoms with van der Waals surface area (Å²) in [6, 6.07) is 10.8. The topological polar surface area (TPSA) is 116 Å². The zero-order valence-corrected chi connectivity index (χ0v) is 17.1. The van der Waals surface area contributed by atoms with Crippen LogP contribution in [0.4, 0.5) is 16.3 Å². The minimum Gasteiger partial charge on any atom is -0.398 e. The summed E-state index contributed by atoms with van der Waals surface area (Å²) in [6.45, 7) is 5.23. The first-order chi connectivity index (χ1) is 14.5. The molecule has 2 amide bonds. The van der Waals surface area contributed by atoms with Crippen molar-refractivity contribution in [1.82, 2.24) is 15.2 Å². The molecule has 5 N–H and O–H groups in total. The number of amides is 2. The molecule has 0 bridgehead atoms. The number of benzene rings is 1. The highest BCUT2D eigenvalue weighted by Gasteiger charge is 2.41. The summed E-state index contributed by atoms with van der Waals surface area (Å²) in [5.41, 5.74) is 8.53. The number of anilines is 2. The Morgan fingerprint density at radius 2 is 1.97 bits per heavy atom. The van der Waals surface area contributed by atoms with Gasteiger partial charge in [-0.15, -0.1) is 0 Å². The number of nitrogens with two attached hydrogens (primary N) is 1. The monoisotopic (exact) mass is 408 g/mol. The number of urea groups is 1. The van der Waals surface area contributed by atoms with Crippen molar-refractivity contribution in [3.8, 4) is 0 Å². The summed E-state index contributed by atoms with van der Waals surface area (Å²) in [7, 11) is 0. The van der Waals surface area contributed by atoms with Gasteiger partial charge in [-0.25, -0.2) is 9.78 Å². The van der Waals surface area contributed by atoms with E-state index in [-0.39, 0.29) is 12.1 Å². The molecule has 0 unspecified atom stereocenters. The molecular weight excluding hydrogens is 380 g/mol. The highest BCUT2D eigenvalue weighted by Crippen LogP contribution is 2.38. The number of aromatic nitrogens is 1. The molecule has 2 fully saturated rings. The van der Waals surface area contributed by atoms with E-state index in [4.69, 9.17) is 15.9 Å². The molecule has 8 heteroatoms. The van der Waals surface area contributed by atoms with Gasteiger partial charge in [0.2, 0.25) is 0 Å². The van der Waals surface area contributed by atoms with Crippen LogP contribution in [0, 0.1) is 10.8 Å². The number of nitrogens with zero attached hydrogens (tertiary/aromatic N) is 2. The van der Waals surface area contributed by atoms with Crippen LogP contribution in [0.1, 0.15) is 36.9 Å². The van der Waals surface area contributed by atoms with Gasteiger partial charge in [-0.1, -0.05) is 30.3 Å². The molecule has 1 spiro atoms. The van der Waals surface area contributed by atoms with Gasteiger partial charge in [-0.05, 0) is 25.3 Å². The van der Waals surface area contributed by atoms with Crippen molar-refractivity contribution < 1.29 is 9.53 Å². The zero-order valence-electron chi connectivity index (χ0n) is 17.1. The lowest BCUT2D eigenvalue weighted by molar-refractivity contribution is -0.134. The number of amidine groups is 1. The first kappa shape index (κ1) is 20.2. The number of piperidine rings is 1. The van der Waals surface area contributed by atoms with E-state index in [1.165, 1.54) is 0 Å². The van der Waals surface area contributed by atoms with E-state index < -0.39 is 0 Å². The van der Waals surface area contributed by atoms with Gasteiger partial charge < -0.3 is 20.7 Å². The molecule has 158 valence electrons. The number of carbonyl (C=O) groups excluding carboxylic acids is 1. The van der Waals surface area contributed by atoms with Crippen LogP contribution < -0.4 is 16.4 Å². The molecule has 8 nitrogen and oxygen atoms in total. The van der Waals surface area contributed by atoms with Gasteiger partial charge in [0.25, 0.3) is 0 Å². The molecule has 1 aromatic heterocycles. The SMILES string of the molecule is C[C@@H](NC(=O)Nc1cc(N)c(C(=N)N2CCC3(CC2)COC3)cn1)c1ccccc1. The number of hydrogen-bond acceptors (Lipinski definition) is 5. The quantitative estimate of drug-likeness (QED) is 0.458. The third-order valence-electron chi connectivity index (χ3n) is 6.04. The lowest BCUT2D eigenvalue weighted by atomic mass is 9.77. The molecule has 2 aliphatic rings. The lowest BCUT2D eigenvalue weighted by Gasteiger charge is -2.47. The number of ether oxygens (including phenoxy) is 1. The van der Waals surface area contributed by atoms with Crippen molar-refractivity contribution in [2.75, 3.05) is 37.4 Å². The summed E-state index contributed by atoms with van der Waals surface area (Å²) in [4.78, 5) is 18.6. The van der Waals surface area contributed by atoms with Crippen LogP contribution in [0.25, 0.3) is 0 Å². The van der Waals surface area contributed by atoms with Crippen molar-refractivity contribution in [1.29, 1.82) is 5.41 Å². The second kappa shape index (κ2) is 8.31. The Kier molecular flexibility index (Phi) is 5.59. The lowest BCUT2D eigenvalue weighted by Crippen LogP contribution is -2.52. The molecule has 0 radical (unpaired) electrons. The van der Waals surface area contributed by atoms with Crippen molar-refractivity contribution in [3.63, 3.8) is 0 Å². The maximum Gasteiger partial charge on any atom is 0.320 e. The van der Waals surface area contributed by atoms with Gasteiger partial charge in [0, 0.05) is 36.5 Å². The minimum atomic E-state index is -0.356. The molecule has 2 saturated heterocycles. The second-order valence-corrected chi connectivity index (χ2v) is 8.22. The summed E-state index contributed by atoms with van der Waals surface area (Å²) in [5, 5.41) is 14.1. The van der Waals surface area contributed by atoms with Gasteiger partial charge >= 0.3 is 6.03 Å². The molecule has 2 aliphatic heterocycles. The van der Waals surface area contributed by atoms with E-state index >= 15 is 0 Å². The minimum absolute atomic E-state index is 0.139. The van der Waals surface area contributed by atoms with Crippen LogP contribution in [0.5, 0.6) is 0 Å². The van der Waals surface area contributed by atoms with Gasteiger partial charge in [-0.2, -0.15) is 0 Å². The van der Waals surface area contributed by atoms with E-state index in [1.54, 1.807) is 12.3 Å². The normalized spacial score (nSPS) is 18.4. The predicted octanol–water partition coefficient (Wildman–Crippen LogP) is 2.98. The number of likely N-dealkylation sites (tertiary alicyclic amines) is 1. The van der Waals surface area contributed by atoms with Gasteiger partial charge in [-0.3, -0.25) is 10.7 Å². The maximum absolute atomic E-state index is 12.3. The van der Waals surface area contributed by atoms with Gasteiger partial charge in [0.15, 0.2) is 0 Å². The van der Waals surface area contributed by atoms with Crippen molar-refractivity contribution in [2.45, 2.75) is 25.8 Å². The van der Waals surface area contributed by atoms with Crippen LogP contribution in [0.15, 0.2) is 42.6 Å². The highest BCUT2D eigenvalue weighted by atomic mass is 16.5. The Morgan fingerprint density at radius 1 is 1.27 bits per heavy atom. The third-order valence-corrected chi connectivity index (χ3v) is 6.04. The summed E-state index contributed by atoms with van der Waals surface area (Å²) < 4.78 is 5.37. The van der Waals surface area contributed by atoms with E-state index in [9.17, 15) is 4.79 Å². The average Bonchev–Trinajstić information content (AvgIpc) is 2.73. The third kappa shape index (κ3) is 4.23. The Morgan fingerprint density at radius 3 is 2.57 bits per heavy atom. The van der Waals surface area contributed by atoms with Gasteiger partial charge in [0.1, 0.15) is 11.7 Å². The number of nitrogens with one attached hydrogen (secondary N) is 3. The molecule has 0 aliphatic carbocycles. The summed E-state index contributed by atoms with van der Waals surface area (Å²) in [5.74, 6) is 0.731. The molecular formula is C22H28N6O2. The molecule has 0 saturated carbocycles. The van der Waals surface area contributed by atoms with E-state index in [1.807, 2.05) is 42.2 Å². The fourth-order valence-electron chi connectivity index (χ4n) is 3.97. The number of rotatable bonds is 4. The van der Waals surface area contributed by atoms with Crippen LogP contribution in [0.3, 0.4) is 0 Å². The molecule has 2 aromatic rings. The first-order valence-corrected chi connectivity index (χ1v) is 10.3. The molecule has 30 heavy (non-hydrogen) atoms. The smallest absolute Gasteiger partial charge is 0.320 e. The fourth-order valence-corrected chi connectivity index (χ4v) is 3.97. The fraction of sp³-hybridized carbons (Fsp3) is 0.409. The summed E-state index contributed by atoms with van der Waals surface area (Å²) >= 11 is 0. The average molecular weight is 409 g/mol. The van der Waals surface area contributed by atoms with Crippen LogP contribution in [-0.2, 0) is 4.74 Å². The maximum atomic E-state index is 12.3. The number of nitrogen functional groups attached to an aromatic ring is 1. The number of carbonyl (C=O) groups is 1. The van der Waals surface area contributed by atoms with Crippen LogP contribution in [0.2, 0.25) is 0 Å². The van der Waals surface area contributed by atoms with Crippen molar-refractivity contribution in [3.05, 3.63) is 53.7 Å². The molecule has 1 aromatic carbocycles. The Hall–Kier alpha value is -3.13. The highest BCUT2D eigenvalue weighted by molar-refractivity contribution is 6.01. The van der Waals surface area contributed by atoms with Crippen LogP contribution in [-0.4, -0.2) is 48.1 Å². The zero-order chi connectivity index (χ0) is 21.1. The van der Waals surface area contributed by atoms with E-state index in [0.717, 1.165) is 44.7 Å². The van der Waals surface area contributed by atoms with Crippen molar-refractivity contribution in [2.24, 2.45) is 5.41 Å². The molecule has 1 atom stereocenters. The first-order valence-electron chi connectivity index (χ1n) is 10.3. The Bertz CT molecular complexity index is 918. The summed E-state index contributed by atoms with van der Waals surface area (Å²) in [6.07, 6.45) is 3.62. The van der Waals surface area contributed by atoms with E-state index in [2.05, 4.69) is 15.6 Å². The van der Waals surface area contributed by atoms with Crippen molar-refractivity contribution >= 4 is 23.4 Å². The van der Waals surface area contributed by atoms with Gasteiger partial charge in [0.05, 0.1) is 24.8 Å². The number of pyridine rings is 1. The molecule has 3 heterocycles. The predicted molar refractivity (Wildman–Crippen MR) is 117 cm³/mol. The standard InChI is InChI=1S/C22H28N6O2/c1-15(16-5-3-2-4-6-16)26-21(29)27-19-11-18(23)17(12-25-19)20(24)28-9-7-22(8-10-28)13-30-14-22/h2-6,11-12,15,24H,7-10,13-14H2,1H3,(H4,23,25,26,27,29)/t15-/m1/s1. The second-order valence-electron chi connectivity index (χ2n) is 8.22. The molecule has 4 rings (SSSR count). The number of hydrogen-bond donors (Lipinski definition) is 4.